The highest BCUT2D eigenvalue weighted by molar-refractivity contribution is 8.00. The van der Waals surface area contributed by atoms with Crippen LogP contribution in [0.15, 0.2) is 52.3 Å². The molecule has 0 aliphatic rings. The lowest BCUT2D eigenvalue weighted by molar-refractivity contribution is -0.113. The van der Waals surface area contributed by atoms with E-state index >= 15 is 0 Å². The molecule has 1 aromatic heterocycles. The molecule has 9 heteroatoms. The maximum atomic E-state index is 12.9. The van der Waals surface area contributed by atoms with Gasteiger partial charge in [-0.15, -0.1) is 0 Å². The number of aromatic nitrogens is 1. The number of ether oxygens (including phenoxy) is 1. The van der Waals surface area contributed by atoms with E-state index in [1.807, 2.05) is 25.1 Å². The molecule has 0 aliphatic heterocycles. The standard InChI is InChI=1S/C22H20N2O6S/c1-3-12-5-4-6-14(9-12)23-17(25)11-31-20-18(22(29)30-2)19(26)15-8-7-13(21(27)28)10-16(15)24-20/h4-10H,3,11H2,1-2H3,(H,23,25)(H,24,26)(H,27,28). The van der Waals surface area contributed by atoms with Crippen LogP contribution in [-0.2, 0) is 16.0 Å². The Labute approximate surface area is 181 Å². The van der Waals surface area contributed by atoms with Crippen molar-refractivity contribution in [2.24, 2.45) is 0 Å². The first-order valence-electron chi connectivity index (χ1n) is 9.37. The summed E-state index contributed by atoms with van der Waals surface area (Å²) in [6.45, 7) is 2.01. The van der Waals surface area contributed by atoms with Crippen molar-refractivity contribution >= 4 is 46.2 Å². The second-order valence-corrected chi connectivity index (χ2v) is 7.59. The van der Waals surface area contributed by atoms with Gasteiger partial charge >= 0.3 is 11.9 Å². The monoisotopic (exact) mass is 440 g/mol. The van der Waals surface area contributed by atoms with Crippen molar-refractivity contribution in [2.75, 3.05) is 18.2 Å². The molecule has 31 heavy (non-hydrogen) atoms. The fourth-order valence-electron chi connectivity index (χ4n) is 3.00. The maximum absolute atomic E-state index is 12.9. The first-order chi connectivity index (χ1) is 14.8. The number of rotatable bonds is 7. The molecule has 0 bridgehead atoms. The number of aromatic carboxylic acids is 1. The molecule has 2 aromatic carbocycles. The lowest BCUT2D eigenvalue weighted by atomic mass is 10.1. The number of fused-ring (bicyclic) bond motifs is 1. The molecule has 0 radical (unpaired) electrons. The van der Waals surface area contributed by atoms with E-state index < -0.39 is 17.4 Å². The van der Waals surface area contributed by atoms with Crippen LogP contribution in [0, 0.1) is 0 Å². The molecule has 0 atom stereocenters. The number of H-pyrrole nitrogens is 1. The number of anilines is 1. The quantitative estimate of drug-likeness (QED) is 0.380. The van der Waals surface area contributed by atoms with E-state index in [4.69, 9.17) is 4.74 Å². The van der Waals surface area contributed by atoms with Crippen LogP contribution in [0.3, 0.4) is 0 Å². The van der Waals surface area contributed by atoms with Gasteiger partial charge in [0.25, 0.3) is 0 Å². The molecule has 1 heterocycles. The van der Waals surface area contributed by atoms with Crippen molar-refractivity contribution in [3.63, 3.8) is 0 Å². The van der Waals surface area contributed by atoms with E-state index in [2.05, 4.69) is 10.3 Å². The lowest BCUT2D eigenvalue weighted by Crippen LogP contribution is -2.21. The smallest absolute Gasteiger partial charge is 0.344 e. The molecule has 0 saturated carbocycles. The molecule has 3 rings (SSSR count). The Balaban J connectivity index is 1.91. The normalized spacial score (nSPS) is 10.6. The molecular formula is C22H20N2O6S. The predicted molar refractivity (Wildman–Crippen MR) is 118 cm³/mol. The Morgan fingerprint density at radius 3 is 2.61 bits per heavy atom. The SMILES string of the molecule is CCc1cccc(NC(=O)CSc2[nH]c3cc(C(=O)O)ccc3c(=O)c2C(=O)OC)c1. The average Bonchev–Trinajstić information content (AvgIpc) is 2.77. The summed E-state index contributed by atoms with van der Waals surface area (Å²) in [5.74, 6) is -2.40. The van der Waals surface area contributed by atoms with Crippen LogP contribution in [-0.4, -0.2) is 40.8 Å². The summed E-state index contributed by atoms with van der Waals surface area (Å²) in [5, 5.41) is 12.3. The number of aryl methyl sites for hydroxylation is 1. The van der Waals surface area contributed by atoms with Crippen molar-refractivity contribution in [3.05, 3.63) is 69.4 Å². The Bertz CT molecular complexity index is 1230. The number of carboxylic acid groups (broad SMARTS) is 1. The summed E-state index contributed by atoms with van der Waals surface area (Å²) in [4.78, 5) is 51.6. The fraction of sp³-hybridized carbons (Fsp3) is 0.182. The van der Waals surface area contributed by atoms with Gasteiger partial charge in [-0.25, -0.2) is 9.59 Å². The number of esters is 1. The van der Waals surface area contributed by atoms with Crippen molar-refractivity contribution in [1.29, 1.82) is 0 Å². The zero-order chi connectivity index (χ0) is 22.5. The van der Waals surface area contributed by atoms with Gasteiger partial charge in [-0.2, -0.15) is 0 Å². The van der Waals surface area contributed by atoms with Crippen LogP contribution in [0.2, 0.25) is 0 Å². The topological polar surface area (TPSA) is 126 Å². The van der Waals surface area contributed by atoms with E-state index in [1.54, 1.807) is 6.07 Å². The van der Waals surface area contributed by atoms with Crippen molar-refractivity contribution < 1.29 is 24.2 Å². The third-order valence-corrected chi connectivity index (χ3v) is 5.57. The predicted octanol–water partition coefficient (Wildman–Crippen LogP) is 3.31. The largest absolute Gasteiger partial charge is 0.478 e. The molecule has 0 unspecified atom stereocenters. The van der Waals surface area contributed by atoms with Crippen molar-refractivity contribution in [3.8, 4) is 0 Å². The molecule has 1 amide bonds. The second kappa shape index (κ2) is 9.48. The molecule has 160 valence electrons. The van der Waals surface area contributed by atoms with E-state index in [0.29, 0.717) is 5.69 Å². The van der Waals surface area contributed by atoms with Crippen LogP contribution < -0.4 is 10.7 Å². The number of hydrogen-bond donors (Lipinski definition) is 3. The maximum Gasteiger partial charge on any atom is 0.344 e. The summed E-state index contributed by atoms with van der Waals surface area (Å²) >= 11 is 0.955. The van der Waals surface area contributed by atoms with Gasteiger partial charge in [0.1, 0.15) is 5.56 Å². The van der Waals surface area contributed by atoms with E-state index in [1.165, 1.54) is 18.2 Å². The average molecular weight is 440 g/mol. The van der Waals surface area contributed by atoms with Crippen LogP contribution in [0.25, 0.3) is 10.9 Å². The number of carboxylic acids is 1. The molecule has 3 N–H and O–H groups in total. The van der Waals surface area contributed by atoms with Gasteiger partial charge < -0.3 is 20.1 Å². The van der Waals surface area contributed by atoms with Crippen LogP contribution in [0.4, 0.5) is 5.69 Å². The summed E-state index contributed by atoms with van der Waals surface area (Å²) in [5.41, 5.74) is 1.12. The number of methoxy groups -OCH3 is 1. The van der Waals surface area contributed by atoms with Gasteiger partial charge in [0, 0.05) is 11.1 Å². The third kappa shape index (κ3) is 4.95. The number of thioether (sulfide) groups is 1. The highest BCUT2D eigenvalue weighted by atomic mass is 32.2. The van der Waals surface area contributed by atoms with Crippen LogP contribution >= 0.6 is 11.8 Å². The molecule has 0 saturated heterocycles. The molecule has 0 spiro atoms. The van der Waals surface area contributed by atoms with Gasteiger partial charge in [0.05, 0.1) is 29.0 Å². The zero-order valence-electron chi connectivity index (χ0n) is 16.9. The van der Waals surface area contributed by atoms with Gasteiger partial charge in [-0.1, -0.05) is 30.8 Å². The van der Waals surface area contributed by atoms with E-state index in [-0.39, 0.29) is 38.7 Å². The van der Waals surface area contributed by atoms with Gasteiger partial charge in [0.15, 0.2) is 0 Å². The van der Waals surface area contributed by atoms with Gasteiger partial charge in [-0.05, 0) is 42.3 Å². The van der Waals surface area contributed by atoms with Gasteiger partial charge in [0.2, 0.25) is 11.3 Å². The summed E-state index contributed by atoms with van der Waals surface area (Å²) < 4.78 is 4.73. The van der Waals surface area contributed by atoms with Crippen LogP contribution in [0.5, 0.6) is 0 Å². The number of aromatic amines is 1. The number of carbonyl (C=O) groups is 3. The number of carbonyl (C=O) groups excluding carboxylic acids is 2. The van der Waals surface area contributed by atoms with Gasteiger partial charge in [-0.3, -0.25) is 9.59 Å². The number of pyridine rings is 1. The number of nitrogens with one attached hydrogen (secondary N) is 2. The fourth-order valence-corrected chi connectivity index (χ4v) is 3.85. The summed E-state index contributed by atoms with van der Waals surface area (Å²) in [6, 6.07) is 11.4. The highest BCUT2D eigenvalue weighted by Crippen LogP contribution is 2.23. The number of hydrogen-bond acceptors (Lipinski definition) is 6. The highest BCUT2D eigenvalue weighted by Gasteiger charge is 2.21. The van der Waals surface area contributed by atoms with Crippen molar-refractivity contribution in [2.45, 2.75) is 18.4 Å². The molecule has 0 aliphatic carbocycles. The Kier molecular flexibility index (Phi) is 6.76. The van der Waals surface area contributed by atoms with Crippen LogP contribution in [0.1, 0.15) is 33.2 Å². The molecule has 3 aromatic rings. The molecule has 0 fully saturated rings. The Morgan fingerprint density at radius 1 is 1.16 bits per heavy atom. The minimum absolute atomic E-state index is 0.0153. The minimum atomic E-state index is -1.15. The molecular weight excluding hydrogens is 420 g/mol. The third-order valence-electron chi connectivity index (χ3n) is 4.57. The lowest BCUT2D eigenvalue weighted by Gasteiger charge is -2.11. The number of benzene rings is 2. The second-order valence-electron chi connectivity index (χ2n) is 6.61. The number of amides is 1. The zero-order valence-corrected chi connectivity index (χ0v) is 17.7. The first-order valence-corrected chi connectivity index (χ1v) is 10.4. The van der Waals surface area contributed by atoms with Crippen molar-refractivity contribution in [1.82, 2.24) is 4.98 Å². The van der Waals surface area contributed by atoms with E-state index in [9.17, 15) is 24.3 Å². The first kappa shape index (κ1) is 22.1. The minimum Gasteiger partial charge on any atom is -0.478 e. The Hall–Kier alpha value is -3.59. The summed E-state index contributed by atoms with van der Waals surface area (Å²) in [7, 11) is 1.15. The Morgan fingerprint density at radius 2 is 1.94 bits per heavy atom. The van der Waals surface area contributed by atoms with E-state index in [0.717, 1.165) is 30.9 Å². The molecule has 8 nitrogen and oxygen atoms in total. The summed E-state index contributed by atoms with van der Waals surface area (Å²) in [6.07, 6.45) is 0.831.